The van der Waals surface area contributed by atoms with Gasteiger partial charge in [-0.3, -0.25) is 0 Å². The van der Waals surface area contributed by atoms with Crippen molar-refractivity contribution in [2.75, 3.05) is 7.11 Å². The van der Waals surface area contributed by atoms with E-state index in [1.807, 2.05) is 61.5 Å². The molecule has 5 rings (SSSR count). The van der Waals surface area contributed by atoms with Gasteiger partial charge < -0.3 is 13.9 Å². The Morgan fingerprint density at radius 1 is 0.944 bits per heavy atom. The molecule has 0 amide bonds. The van der Waals surface area contributed by atoms with Crippen molar-refractivity contribution in [3.63, 3.8) is 0 Å². The van der Waals surface area contributed by atoms with Gasteiger partial charge in [0.2, 0.25) is 0 Å². The van der Waals surface area contributed by atoms with Crippen LogP contribution in [0.5, 0.6) is 5.75 Å². The summed E-state index contributed by atoms with van der Waals surface area (Å²) in [6, 6.07) is 24.2. The molecule has 1 aromatic heterocycles. The zero-order chi connectivity index (χ0) is 25.4. The van der Waals surface area contributed by atoms with Gasteiger partial charge >= 0.3 is 5.97 Å². The van der Waals surface area contributed by atoms with Crippen molar-refractivity contribution in [3.05, 3.63) is 98.6 Å². The quantitative estimate of drug-likeness (QED) is 0.181. The lowest BCUT2D eigenvalue weighted by molar-refractivity contribution is -0.148. The first-order valence-corrected chi connectivity index (χ1v) is 13.1. The molecule has 0 aliphatic rings. The summed E-state index contributed by atoms with van der Waals surface area (Å²) in [5.74, 6) is 1.02. The molecule has 1 heterocycles. The molecule has 0 saturated carbocycles. The van der Waals surface area contributed by atoms with Crippen molar-refractivity contribution in [3.8, 4) is 16.9 Å². The third-order valence-electron chi connectivity index (χ3n) is 6.45. The number of rotatable bonds is 6. The van der Waals surface area contributed by atoms with Gasteiger partial charge in [0.25, 0.3) is 0 Å². The number of fused-ring (bicyclic) bond motifs is 2. The first kappa shape index (κ1) is 24.6. The van der Waals surface area contributed by atoms with Crippen LogP contribution < -0.4 is 4.74 Å². The Balaban J connectivity index is 1.61. The van der Waals surface area contributed by atoms with Crippen LogP contribution in [0.3, 0.4) is 0 Å². The number of carbonyl (C=O) groups excluding carboxylic acids is 1. The SMILES string of the molecule is COC(=O)[C@@H](Cc1ccccc1)Oc1c(Br)cc(-c2c3ccccc3cc3oc(C)c(C)c23)cc1Br. The smallest absolute Gasteiger partial charge is 0.347 e. The Morgan fingerprint density at radius 3 is 2.31 bits per heavy atom. The molecule has 0 saturated heterocycles. The lowest BCUT2D eigenvalue weighted by Crippen LogP contribution is -2.31. The normalized spacial score (nSPS) is 12.1. The Kier molecular flexibility index (Phi) is 6.91. The zero-order valence-corrected chi connectivity index (χ0v) is 23.3. The maximum atomic E-state index is 12.6. The van der Waals surface area contributed by atoms with Crippen molar-refractivity contribution in [1.82, 2.24) is 0 Å². The lowest BCUT2D eigenvalue weighted by Gasteiger charge is -2.20. The molecule has 36 heavy (non-hydrogen) atoms. The van der Waals surface area contributed by atoms with Crippen LogP contribution >= 0.6 is 31.9 Å². The van der Waals surface area contributed by atoms with E-state index < -0.39 is 12.1 Å². The van der Waals surface area contributed by atoms with Crippen LogP contribution in [0.15, 0.2) is 86.2 Å². The molecule has 0 bridgehead atoms. The second-order valence-electron chi connectivity index (χ2n) is 8.72. The topological polar surface area (TPSA) is 48.7 Å². The highest BCUT2D eigenvalue weighted by molar-refractivity contribution is 9.11. The second-order valence-corrected chi connectivity index (χ2v) is 10.4. The Hall–Kier alpha value is -3.09. The predicted molar refractivity (Wildman–Crippen MR) is 151 cm³/mol. The molecule has 0 aliphatic carbocycles. The van der Waals surface area contributed by atoms with Crippen molar-refractivity contribution in [1.29, 1.82) is 0 Å². The minimum absolute atomic E-state index is 0.394. The number of aryl methyl sites for hydroxylation is 2. The number of furan rings is 1. The number of esters is 1. The van der Waals surface area contributed by atoms with Crippen molar-refractivity contribution in [2.45, 2.75) is 26.4 Å². The van der Waals surface area contributed by atoms with E-state index in [-0.39, 0.29) is 0 Å². The van der Waals surface area contributed by atoms with Crippen molar-refractivity contribution >= 4 is 59.6 Å². The summed E-state index contributed by atoms with van der Waals surface area (Å²) in [5.41, 5.74) is 5.07. The number of hydrogen-bond donors (Lipinski definition) is 0. The highest BCUT2D eigenvalue weighted by Crippen LogP contribution is 2.44. The van der Waals surface area contributed by atoms with Crippen LogP contribution in [-0.2, 0) is 16.0 Å². The van der Waals surface area contributed by atoms with Gasteiger partial charge in [0, 0.05) is 17.4 Å². The van der Waals surface area contributed by atoms with E-state index in [9.17, 15) is 4.79 Å². The molecule has 0 unspecified atom stereocenters. The number of halogens is 2. The van der Waals surface area contributed by atoms with Gasteiger partial charge in [-0.25, -0.2) is 4.79 Å². The third-order valence-corrected chi connectivity index (χ3v) is 7.63. The minimum atomic E-state index is -0.793. The maximum absolute atomic E-state index is 12.6. The van der Waals surface area contributed by atoms with E-state index in [0.29, 0.717) is 12.2 Å². The molecule has 5 aromatic rings. The molecule has 1 atom stereocenters. The molecule has 0 N–H and O–H groups in total. The molecule has 6 heteroatoms. The Labute approximate surface area is 226 Å². The summed E-state index contributed by atoms with van der Waals surface area (Å²) in [6.07, 6.45) is -0.398. The van der Waals surface area contributed by atoms with Crippen LogP contribution in [-0.4, -0.2) is 19.2 Å². The van der Waals surface area contributed by atoms with Gasteiger partial charge in [-0.15, -0.1) is 0 Å². The van der Waals surface area contributed by atoms with Gasteiger partial charge in [-0.2, -0.15) is 0 Å². The van der Waals surface area contributed by atoms with Gasteiger partial charge in [0.05, 0.1) is 16.1 Å². The molecule has 182 valence electrons. The third kappa shape index (κ3) is 4.56. The zero-order valence-electron chi connectivity index (χ0n) is 20.1. The summed E-state index contributed by atoms with van der Waals surface area (Å²) in [7, 11) is 1.37. The van der Waals surface area contributed by atoms with Crippen LogP contribution in [0.4, 0.5) is 0 Å². The first-order chi connectivity index (χ1) is 17.4. The van der Waals surface area contributed by atoms with E-state index in [0.717, 1.165) is 58.7 Å². The molecular formula is C30H24Br2O4. The summed E-state index contributed by atoms with van der Waals surface area (Å²) in [6.45, 7) is 4.08. The number of ether oxygens (including phenoxy) is 2. The molecule has 0 spiro atoms. The van der Waals surface area contributed by atoms with E-state index >= 15 is 0 Å². The molecule has 4 nitrogen and oxygen atoms in total. The van der Waals surface area contributed by atoms with Gasteiger partial charge in [-0.05, 0) is 91.4 Å². The highest BCUT2D eigenvalue weighted by atomic mass is 79.9. The van der Waals surface area contributed by atoms with Gasteiger partial charge in [0.1, 0.15) is 17.1 Å². The minimum Gasteiger partial charge on any atom is -0.476 e. The molecular weight excluding hydrogens is 584 g/mol. The summed E-state index contributed by atoms with van der Waals surface area (Å²) < 4.78 is 18.8. The molecule has 0 radical (unpaired) electrons. The molecule has 4 aromatic carbocycles. The number of hydrogen-bond acceptors (Lipinski definition) is 4. The maximum Gasteiger partial charge on any atom is 0.347 e. The Morgan fingerprint density at radius 2 is 1.61 bits per heavy atom. The lowest BCUT2D eigenvalue weighted by atomic mass is 9.93. The van der Waals surface area contributed by atoms with E-state index in [1.165, 1.54) is 7.11 Å². The van der Waals surface area contributed by atoms with E-state index in [2.05, 4.69) is 57.0 Å². The number of carbonyl (C=O) groups is 1. The van der Waals surface area contributed by atoms with Gasteiger partial charge in [0.15, 0.2) is 6.10 Å². The van der Waals surface area contributed by atoms with Gasteiger partial charge in [-0.1, -0.05) is 54.6 Å². The standard InChI is InChI=1S/C30H24Br2O4/c1-17-18(2)35-25-16-20-11-7-8-12-22(20)28(27(17)25)21-14-23(31)29(24(32)15-21)36-26(30(33)34-3)13-19-9-5-4-6-10-19/h4-12,14-16,26H,13H2,1-3H3/t26-/m1/s1. The fourth-order valence-electron chi connectivity index (χ4n) is 4.58. The Bertz CT molecular complexity index is 1560. The summed E-state index contributed by atoms with van der Waals surface area (Å²) in [5, 5.41) is 3.34. The molecule has 0 aliphatic heterocycles. The highest BCUT2D eigenvalue weighted by Gasteiger charge is 2.25. The number of methoxy groups -OCH3 is 1. The monoisotopic (exact) mass is 606 g/mol. The van der Waals surface area contributed by atoms with Crippen molar-refractivity contribution < 1.29 is 18.7 Å². The fourth-order valence-corrected chi connectivity index (χ4v) is 5.96. The average Bonchev–Trinajstić information content (AvgIpc) is 3.16. The van der Waals surface area contributed by atoms with E-state index in [4.69, 9.17) is 13.9 Å². The summed E-state index contributed by atoms with van der Waals surface area (Å²) in [4.78, 5) is 12.6. The largest absolute Gasteiger partial charge is 0.476 e. The molecule has 0 fully saturated rings. The van der Waals surface area contributed by atoms with Crippen molar-refractivity contribution in [2.24, 2.45) is 0 Å². The summed E-state index contributed by atoms with van der Waals surface area (Å²) >= 11 is 7.40. The van der Waals surface area contributed by atoms with Crippen LogP contribution in [0.2, 0.25) is 0 Å². The predicted octanol–water partition coefficient (Wildman–Crippen LogP) is 8.56. The van der Waals surface area contributed by atoms with E-state index in [1.54, 1.807) is 0 Å². The van der Waals surface area contributed by atoms with Crippen LogP contribution in [0, 0.1) is 13.8 Å². The second kappa shape index (κ2) is 10.1. The van der Waals surface area contributed by atoms with Crippen LogP contribution in [0.1, 0.15) is 16.9 Å². The average molecular weight is 608 g/mol. The fraction of sp³-hybridized carbons (Fsp3) is 0.167. The number of benzene rings is 4. The van der Waals surface area contributed by atoms with Crippen LogP contribution in [0.25, 0.3) is 32.9 Å². The first-order valence-electron chi connectivity index (χ1n) is 11.6.